The van der Waals surface area contributed by atoms with E-state index in [0.717, 1.165) is 29.8 Å². The van der Waals surface area contributed by atoms with E-state index in [2.05, 4.69) is 26.1 Å². The molecular formula is C14H27N. The van der Waals surface area contributed by atoms with Gasteiger partial charge in [0.15, 0.2) is 0 Å². The van der Waals surface area contributed by atoms with Crippen molar-refractivity contribution in [2.75, 3.05) is 0 Å². The van der Waals surface area contributed by atoms with Crippen molar-refractivity contribution in [2.45, 2.75) is 71.4 Å². The molecule has 2 saturated carbocycles. The predicted molar refractivity (Wildman–Crippen MR) is 65.9 cm³/mol. The summed E-state index contributed by atoms with van der Waals surface area (Å²) in [4.78, 5) is 0. The standard InChI is InChI=1S/C14H27N/c1-4-12-6-7-13(9-12)15-14-8-5-10(2)11(14)3/h10-15H,4-9H2,1-3H3. The predicted octanol–water partition coefficient (Wildman–Crippen LogP) is 3.59. The Labute approximate surface area is 95.0 Å². The third-order valence-electron chi connectivity index (χ3n) is 5.03. The van der Waals surface area contributed by atoms with Gasteiger partial charge < -0.3 is 5.32 Å². The van der Waals surface area contributed by atoms with E-state index in [1.165, 1.54) is 38.5 Å². The lowest BCUT2D eigenvalue weighted by molar-refractivity contribution is 0.333. The molecule has 0 amide bonds. The molecule has 15 heavy (non-hydrogen) atoms. The Morgan fingerprint density at radius 2 is 1.87 bits per heavy atom. The van der Waals surface area contributed by atoms with Crippen LogP contribution in [-0.4, -0.2) is 12.1 Å². The molecule has 1 nitrogen and oxygen atoms in total. The fraction of sp³-hybridized carbons (Fsp3) is 1.00. The van der Waals surface area contributed by atoms with E-state index >= 15 is 0 Å². The first-order valence-corrected chi connectivity index (χ1v) is 6.96. The summed E-state index contributed by atoms with van der Waals surface area (Å²) in [6, 6.07) is 1.66. The van der Waals surface area contributed by atoms with E-state index in [-0.39, 0.29) is 0 Å². The first kappa shape index (κ1) is 11.4. The van der Waals surface area contributed by atoms with Gasteiger partial charge in [-0.2, -0.15) is 0 Å². The van der Waals surface area contributed by atoms with E-state index in [9.17, 15) is 0 Å². The molecule has 2 aliphatic rings. The average Bonchev–Trinajstić information content (AvgIpc) is 2.80. The summed E-state index contributed by atoms with van der Waals surface area (Å²) < 4.78 is 0. The van der Waals surface area contributed by atoms with Gasteiger partial charge >= 0.3 is 0 Å². The highest BCUT2D eigenvalue weighted by atomic mass is 15.0. The Balaban J connectivity index is 1.78. The lowest BCUT2D eigenvalue weighted by Gasteiger charge is -2.24. The van der Waals surface area contributed by atoms with Gasteiger partial charge in [-0.05, 0) is 49.9 Å². The van der Waals surface area contributed by atoms with Gasteiger partial charge in [-0.3, -0.25) is 0 Å². The van der Waals surface area contributed by atoms with Crippen molar-refractivity contribution >= 4 is 0 Å². The van der Waals surface area contributed by atoms with Crippen LogP contribution >= 0.6 is 0 Å². The van der Waals surface area contributed by atoms with Crippen LogP contribution < -0.4 is 5.32 Å². The third kappa shape index (κ3) is 2.55. The normalized spacial score (nSPS) is 46.2. The number of nitrogens with one attached hydrogen (secondary N) is 1. The van der Waals surface area contributed by atoms with Gasteiger partial charge in [-0.25, -0.2) is 0 Å². The van der Waals surface area contributed by atoms with Crippen molar-refractivity contribution in [3.63, 3.8) is 0 Å². The van der Waals surface area contributed by atoms with Crippen LogP contribution in [0.4, 0.5) is 0 Å². The summed E-state index contributed by atoms with van der Waals surface area (Å²) in [6.45, 7) is 7.19. The van der Waals surface area contributed by atoms with E-state index in [0.29, 0.717) is 0 Å². The number of hydrogen-bond donors (Lipinski definition) is 1. The van der Waals surface area contributed by atoms with Crippen LogP contribution in [0.15, 0.2) is 0 Å². The highest BCUT2D eigenvalue weighted by molar-refractivity contribution is 4.89. The molecule has 0 radical (unpaired) electrons. The largest absolute Gasteiger partial charge is 0.311 e. The molecule has 0 aromatic rings. The zero-order chi connectivity index (χ0) is 10.8. The summed E-state index contributed by atoms with van der Waals surface area (Å²) in [7, 11) is 0. The van der Waals surface area contributed by atoms with Gasteiger partial charge in [-0.1, -0.05) is 27.2 Å². The van der Waals surface area contributed by atoms with Gasteiger partial charge in [-0.15, -0.1) is 0 Å². The zero-order valence-corrected chi connectivity index (χ0v) is 10.6. The van der Waals surface area contributed by atoms with E-state index in [1.807, 2.05) is 0 Å². The molecule has 0 bridgehead atoms. The van der Waals surface area contributed by atoms with Crippen molar-refractivity contribution in [1.82, 2.24) is 5.32 Å². The minimum atomic E-state index is 0.820. The average molecular weight is 209 g/mol. The molecule has 1 heteroatoms. The topological polar surface area (TPSA) is 12.0 Å². The number of hydrogen-bond acceptors (Lipinski definition) is 1. The van der Waals surface area contributed by atoms with Crippen molar-refractivity contribution in [3.8, 4) is 0 Å². The van der Waals surface area contributed by atoms with Crippen LogP contribution in [0.25, 0.3) is 0 Å². The molecule has 0 aliphatic heterocycles. The molecule has 5 atom stereocenters. The summed E-state index contributed by atoms with van der Waals surface area (Å²) in [5.41, 5.74) is 0. The molecular weight excluding hydrogens is 182 g/mol. The van der Waals surface area contributed by atoms with Crippen LogP contribution in [0.3, 0.4) is 0 Å². The second-order valence-electron chi connectivity index (χ2n) is 5.97. The highest BCUT2D eigenvalue weighted by Crippen LogP contribution is 2.34. The van der Waals surface area contributed by atoms with Crippen LogP contribution in [0.2, 0.25) is 0 Å². The van der Waals surface area contributed by atoms with Gasteiger partial charge in [0.25, 0.3) is 0 Å². The van der Waals surface area contributed by atoms with E-state index in [4.69, 9.17) is 0 Å². The lowest BCUT2D eigenvalue weighted by Crippen LogP contribution is -2.39. The molecule has 0 saturated heterocycles. The maximum atomic E-state index is 3.92. The monoisotopic (exact) mass is 209 g/mol. The first-order chi connectivity index (χ1) is 7.20. The SMILES string of the molecule is CCC1CCC(NC2CCC(C)C2C)C1. The minimum absolute atomic E-state index is 0.820. The maximum absolute atomic E-state index is 3.92. The second-order valence-corrected chi connectivity index (χ2v) is 5.97. The van der Waals surface area contributed by atoms with Crippen molar-refractivity contribution in [2.24, 2.45) is 17.8 Å². The van der Waals surface area contributed by atoms with Crippen LogP contribution in [0.5, 0.6) is 0 Å². The maximum Gasteiger partial charge on any atom is 0.00979 e. The second kappa shape index (κ2) is 4.86. The first-order valence-electron chi connectivity index (χ1n) is 6.96. The van der Waals surface area contributed by atoms with Crippen molar-refractivity contribution < 1.29 is 0 Å². The van der Waals surface area contributed by atoms with E-state index in [1.54, 1.807) is 0 Å². The Morgan fingerprint density at radius 3 is 2.40 bits per heavy atom. The Hall–Kier alpha value is -0.0400. The third-order valence-corrected chi connectivity index (χ3v) is 5.03. The molecule has 1 N–H and O–H groups in total. The molecule has 2 aliphatic carbocycles. The molecule has 0 aromatic heterocycles. The molecule has 5 unspecified atom stereocenters. The van der Waals surface area contributed by atoms with Gasteiger partial charge in [0.2, 0.25) is 0 Å². The highest BCUT2D eigenvalue weighted by Gasteiger charge is 2.32. The fourth-order valence-corrected chi connectivity index (χ4v) is 3.50. The summed E-state index contributed by atoms with van der Waals surface area (Å²) >= 11 is 0. The lowest BCUT2D eigenvalue weighted by atomic mass is 9.97. The fourth-order valence-electron chi connectivity index (χ4n) is 3.50. The molecule has 88 valence electrons. The zero-order valence-electron chi connectivity index (χ0n) is 10.6. The summed E-state index contributed by atoms with van der Waals surface area (Å²) in [5, 5.41) is 3.92. The summed E-state index contributed by atoms with van der Waals surface area (Å²) in [6.07, 6.45) is 8.56. The van der Waals surface area contributed by atoms with Gasteiger partial charge in [0, 0.05) is 12.1 Å². The molecule has 0 aromatic carbocycles. The van der Waals surface area contributed by atoms with Crippen molar-refractivity contribution in [1.29, 1.82) is 0 Å². The molecule has 0 spiro atoms. The van der Waals surface area contributed by atoms with Crippen LogP contribution in [0.1, 0.15) is 59.3 Å². The Kier molecular flexibility index (Phi) is 3.71. The van der Waals surface area contributed by atoms with E-state index < -0.39 is 0 Å². The molecule has 2 rings (SSSR count). The van der Waals surface area contributed by atoms with Crippen LogP contribution in [0, 0.1) is 17.8 Å². The van der Waals surface area contributed by atoms with Crippen LogP contribution in [-0.2, 0) is 0 Å². The smallest absolute Gasteiger partial charge is 0.00979 e. The quantitative estimate of drug-likeness (QED) is 0.749. The van der Waals surface area contributed by atoms with Gasteiger partial charge in [0.05, 0.1) is 0 Å². The molecule has 0 heterocycles. The minimum Gasteiger partial charge on any atom is -0.311 e. The summed E-state index contributed by atoms with van der Waals surface area (Å²) in [5.74, 6) is 2.84. The Bertz CT molecular complexity index is 202. The molecule has 2 fully saturated rings. The van der Waals surface area contributed by atoms with Crippen molar-refractivity contribution in [3.05, 3.63) is 0 Å². The van der Waals surface area contributed by atoms with Gasteiger partial charge in [0.1, 0.15) is 0 Å². The number of rotatable bonds is 3. The Morgan fingerprint density at radius 1 is 1.07 bits per heavy atom.